The summed E-state index contributed by atoms with van der Waals surface area (Å²) in [5.41, 5.74) is 1.95. The fourth-order valence-electron chi connectivity index (χ4n) is 2.93. The van der Waals surface area contributed by atoms with Crippen LogP contribution in [0, 0.1) is 0 Å². The highest BCUT2D eigenvalue weighted by molar-refractivity contribution is 7.07. The number of morpholine rings is 1. The minimum absolute atomic E-state index is 0.0179. The van der Waals surface area contributed by atoms with Gasteiger partial charge in [0.05, 0.1) is 24.1 Å². The van der Waals surface area contributed by atoms with Crippen LogP contribution < -0.4 is 10.2 Å². The molecule has 1 N–H and O–H groups in total. The second-order valence-corrected chi connectivity index (χ2v) is 7.03. The predicted molar refractivity (Wildman–Crippen MR) is 97.7 cm³/mol. The number of anilines is 2. The maximum atomic E-state index is 12.0. The van der Waals surface area contributed by atoms with Crippen molar-refractivity contribution < 1.29 is 9.53 Å². The van der Waals surface area contributed by atoms with E-state index in [4.69, 9.17) is 4.74 Å². The summed E-state index contributed by atoms with van der Waals surface area (Å²) >= 11 is 1.66. The number of nitrogens with zero attached hydrogens (tertiary/aromatic N) is 2. The average Bonchev–Trinajstić information content (AvgIpc) is 3.06. The fraction of sp³-hybridized carbons (Fsp3) is 0.444. The van der Waals surface area contributed by atoms with Gasteiger partial charge in [0.2, 0.25) is 5.91 Å². The molecule has 5 nitrogen and oxygen atoms in total. The number of carbonyl (C=O) groups excluding carboxylic acids is 1. The third kappa shape index (κ3) is 4.55. The quantitative estimate of drug-likeness (QED) is 0.903. The molecular weight excluding hydrogens is 322 g/mol. The van der Waals surface area contributed by atoms with E-state index in [-0.39, 0.29) is 18.1 Å². The zero-order chi connectivity index (χ0) is 16.9. The summed E-state index contributed by atoms with van der Waals surface area (Å²) in [6.45, 7) is 5.82. The summed E-state index contributed by atoms with van der Waals surface area (Å²) in [7, 11) is 0. The van der Waals surface area contributed by atoms with Gasteiger partial charge in [0.1, 0.15) is 5.82 Å². The Morgan fingerprint density at radius 1 is 1.33 bits per heavy atom. The van der Waals surface area contributed by atoms with Crippen molar-refractivity contribution in [2.45, 2.75) is 38.9 Å². The molecule has 0 radical (unpaired) electrons. The van der Waals surface area contributed by atoms with Crippen molar-refractivity contribution in [3.63, 3.8) is 0 Å². The van der Waals surface area contributed by atoms with Crippen molar-refractivity contribution in [1.29, 1.82) is 0 Å². The molecule has 24 heavy (non-hydrogen) atoms. The van der Waals surface area contributed by atoms with Crippen LogP contribution in [0.3, 0.4) is 0 Å². The normalized spacial score (nSPS) is 20.8. The number of hydrogen-bond donors (Lipinski definition) is 1. The summed E-state index contributed by atoms with van der Waals surface area (Å²) in [4.78, 5) is 18.7. The number of ether oxygens (including phenoxy) is 1. The number of nitrogens with one attached hydrogen (secondary N) is 1. The first kappa shape index (κ1) is 16.9. The lowest BCUT2D eigenvalue weighted by atomic mass is 10.2. The molecule has 1 aliphatic rings. The van der Waals surface area contributed by atoms with Crippen LogP contribution in [0.4, 0.5) is 11.5 Å². The molecular formula is C18H23N3O2S. The van der Waals surface area contributed by atoms with Gasteiger partial charge in [-0.3, -0.25) is 4.79 Å². The molecule has 0 saturated carbocycles. The molecule has 1 amide bonds. The van der Waals surface area contributed by atoms with E-state index in [9.17, 15) is 4.79 Å². The van der Waals surface area contributed by atoms with Crippen LogP contribution in [0.5, 0.6) is 0 Å². The first-order chi connectivity index (χ1) is 11.6. The molecule has 128 valence electrons. The summed E-state index contributed by atoms with van der Waals surface area (Å²) in [6.07, 6.45) is 3.38. The van der Waals surface area contributed by atoms with Crippen molar-refractivity contribution in [1.82, 2.24) is 4.98 Å². The van der Waals surface area contributed by atoms with Gasteiger partial charge in [0.15, 0.2) is 0 Å². The Kier molecular flexibility index (Phi) is 5.48. The van der Waals surface area contributed by atoms with E-state index in [0.717, 1.165) is 31.0 Å². The number of thiophene rings is 1. The van der Waals surface area contributed by atoms with Crippen LogP contribution in [0.1, 0.15) is 25.8 Å². The van der Waals surface area contributed by atoms with Gasteiger partial charge < -0.3 is 15.0 Å². The number of aromatic nitrogens is 1. The lowest BCUT2D eigenvalue weighted by Gasteiger charge is -2.36. The Balaban J connectivity index is 1.53. The molecule has 1 saturated heterocycles. The molecule has 2 aromatic heterocycles. The highest BCUT2D eigenvalue weighted by Crippen LogP contribution is 2.20. The van der Waals surface area contributed by atoms with Gasteiger partial charge in [-0.05, 0) is 54.8 Å². The maximum Gasteiger partial charge on any atom is 0.224 e. The van der Waals surface area contributed by atoms with Crippen molar-refractivity contribution in [3.05, 3.63) is 40.7 Å². The standard InChI is InChI=1S/C18H23N3O2S/c1-13-10-21(11-14(2)23-13)17-5-4-16(9-19-17)20-18(22)6-3-15-7-8-24-12-15/h4-5,7-9,12-14H,3,6,10-11H2,1-2H3,(H,20,22)/t13-,14-/m1/s1. The fourth-order valence-corrected chi connectivity index (χ4v) is 3.63. The summed E-state index contributed by atoms with van der Waals surface area (Å²) in [5.74, 6) is 0.942. The first-order valence-electron chi connectivity index (χ1n) is 8.27. The average molecular weight is 345 g/mol. The molecule has 0 bridgehead atoms. The predicted octanol–water partition coefficient (Wildman–Crippen LogP) is 3.33. The van der Waals surface area contributed by atoms with Crippen LogP contribution in [0.25, 0.3) is 0 Å². The van der Waals surface area contributed by atoms with Gasteiger partial charge in [-0.2, -0.15) is 11.3 Å². The van der Waals surface area contributed by atoms with E-state index in [1.54, 1.807) is 17.5 Å². The topological polar surface area (TPSA) is 54.5 Å². The van der Waals surface area contributed by atoms with E-state index >= 15 is 0 Å². The van der Waals surface area contributed by atoms with Gasteiger partial charge in [0.25, 0.3) is 0 Å². The third-order valence-corrected chi connectivity index (χ3v) is 4.73. The van der Waals surface area contributed by atoms with Crippen LogP contribution in [0.2, 0.25) is 0 Å². The smallest absolute Gasteiger partial charge is 0.224 e. The lowest BCUT2D eigenvalue weighted by molar-refractivity contribution is -0.116. The Bertz CT molecular complexity index is 647. The molecule has 0 aromatic carbocycles. The van der Waals surface area contributed by atoms with Crippen molar-refractivity contribution in [2.24, 2.45) is 0 Å². The Morgan fingerprint density at radius 3 is 2.75 bits per heavy atom. The van der Waals surface area contributed by atoms with Gasteiger partial charge in [-0.1, -0.05) is 0 Å². The third-order valence-electron chi connectivity index (χ3n) is 4.00. The zero-order valence-electron chi connectivity index (χ0n) is 14.1. The van der Waals surface area contributed by atoms with Crippen LogP contribution in [0.15, 0.2) is 35.2 Å². The Labute approximate surface area is 146 Å². The highest BCUT2D eigenvalue weighted by Gasteiger charge is 2.23. The minimum atomic E-state index is 0.0179. The molecule has 3 heterocycles. The monoisotopic (exact) mass is 345 g/mol. The van der Waals surface area contributed by atoms with Gasteiger partial charge >= 0.3 is 0 Å². The van der Waals surface area contributed by atoms with Crippen molar-refractivity contribution >= 4 is 28.7 Å². The number of rotatable bonds is 5. The molecule has 2 aromatic rings. The number of pyridine rings is 1. The first-order valence-corrected chi connectivity index (χ1v) is 9.22. The largest absolute Gasteiger partial charge is 0.372 e. The van der Waals surface area contributed by atoms with E-state index in [0.29, 0.717) is 6.42 Å². The Hall–Kier alpha value is -1.92. The van der Waals surface area contributed by atoms with E-state index in [1.165, 1.54) is 5.56 Å². The van der Waals surface area contributed by atoms with Crippen molar-refractivity contribution in [2.75, 3.05) is 23.3 Å². The maximum absolute atomic E-state index is 12.0. The number of carbonyl (C=O) groups is 1. The van der Waals surface area contributed by atoms with Crippen molar-refractivity contribution in [3.8, 4) is 0 Å². The van der Waals surface area contributed by atoms with Gasteiger partial charge in [-0.15, -0.1) is 0 Å². The summed E-state index contributed by atoms with van der Waals surface area (Å²) in [5, 5.41) is 7.02. The van der Waals surface area contributed by atoms with Crippen LogP contribution in [-0.4, -0.2) is 36.2 Å². The molecule has 0 spiro atoms. The van der Waals surface area contributed by atoms with Crippen LogP contribution >= 0.6 is 11.3 Å². The zero-order valence-corrected chi connectivity index (χ0v) is 14.9. The highest BCUT2D eigenvalue weighted by atomic mass is 32.1. The summed E-state index contributed by atoms with van der Waals surface area (Å²) in [6, 6.07) is 5.92. The number of amides is 1. The summed E-state index contributed by atoms with van der Waals surface area (Å²) < 4.78 is 5.75. The van der Waals surface area contributed by atoms with Gasteiger partial charge in [0, 0.05) is 19.5 Å². The number of aryl methyl sites for hydroxylation is 1. The molecule has 0 unspecified atom stereocenters. The SMILES string of the molecule is C[C@@H]1CN(c2ccc(NC(=O)CCc3ccsc3)cn2)C[C@@H](C)O1. The lowest BCUT2D eigenvalue weighted by Crippen LogP contribution is -2.45. The molecule has 3 rings (SSSR count). The van der Waals surface area contributed by atoms with E-state index < -0.39 is 0 Å². The second kappa shape index (κ2) is 7.77. The van der Waals surface area contributed by atoms with Crippen LogP contribution in [-0.2, 0) is 16.0 Å². The Morgan fingerprint density at radius 2 is 2.12 bits per heavy atom. The molecule has 1 aliphatic heterocycles. The molecule has 6 heteroatoms. The van der Waals surface area contributed by atoms with Gasteiger partial charge in [-0.25, -0.2) is 4.98 Å². The van der Waals surface area contributed by atoms with E-state index in [2.05, 4.69) is 40.5 Å². The number of hydrogen-bond acceptors (Lipinski definition) is 5. The molecule has 0 aliphatic carbocycles. The second-order valence-electron chi connectivity index (χ2n) is 6.25. The molecule has 1 fully saturated rings. The molecule has 2 atom stereocenters. The minimum Gasteiger partial charge on any atom is -0.372 e. The van der Waals surface area contributed by atoms with E-state index in [1.807, 2.05) is 17.5 Å².